The number of amides is 2. The Morgan fingerprint density at radius 2 is 2.12 bits per heavy atom. The van der Waals surface area contributed by atoms with Crippen LogP contribution in [0.4, 0.5) is 18.0 Å². The van der Waals surface area contributed by atoms with Crippen LogP contribution in [0.15, 0.2) is 30.6 Å². The number of fused-ring (bicyclic) bond motifs is 1. The molecule has 174 valence electrons. The molecule has 0 saturated heterocycles. The van der Waals surface area contributed by atoms with Gasteiger partial charge >= 0.3 is 18.4 Å². The summed E-state index contributed by atoms with van der Waals surface area (Å²) in [5.41, 5.74) is 1.27. The molecule has 1 aliphatic heterocycles. The summed E-state index contributed by atoms with van der Waals surface area (Å²) < 4.78 is 48.0. The lowest BCUT2D eigenvalue weighted by molar-refractivity contribution is -0.275. The molecule has 12 heteroatoms. The molecule has 2 N–H and O–H groups in total. The number of carbonyl (C=O) groups excluding carboxylic acids is 2. The van der Waals surface area contributed by atoms with E-state index in [1.165, 1.54) is 48.3 Å². The number of alkyl halides is 3. The van der Waals surface area contributed by atoms with Crippen LogP contribution in [0.25, 0.3) is 0 Å². The summed E-state index contributed by atoms with van der Waals surface area (Å²) in [7, 11) is 1.23. The lowest BCUT2D eigenvalue weighted by Gasteiger charge is -2.36. The fraction of sp³-hybridized carbons (Fsp3) is 0.450. The van der Waals surface area contributed by atoms with Gasteiger partial charge in [-0.1, -0.05) is 18.2 Å². The molecule has 0 saturated carbocycles. The fourth-order valence-electron chi connectivity index (χ4n) is 3.59. The number of carbonyl (C=O) groups is 2. The van der Waals surface area contributed by atoms with Crippen LogP contribution in [0, 0.1) is 0 Å². The van der Waals surface area contributed by atoms with E-state index in [-0.39, 0.29) is 12.1 Å². The van der Waals surface area contributed by atoms with Crippen molar-refractivity contribution < 1.29 is 32.2 Å². The number of esters is 1. The summed E-state index contributed by atoms with van der Waals surface area (Å²) in [5, 5.41) is 2.66. The van der Waals surface area contributed by atoms with E-state index in [1.807, 2.05) is 6.26 Å². The standard InChI is InChI=1S/C20H23F3N4O4S/c1-30-18(28)14(8-10-32-2)26-19(29)27-9-7-13-16(25-11-24-13)17(27)12-5-3-4-6-15(12)31-20(21,22)23/h3-6,11,14,17H,7-10H2,1-2H3,(H,24,25)(H,26,29)/t14-,17-/m1/s1. The fourth-order valence-corrected chi connectivity index (χ4v) is 4.06. The maximum Gasteiger partial charge on any atom is 0.573 e. The first kappa shape index (κ1) is 23.8. The van der Waals surface area contributed by atoms with E-state index in [2.05, 4.69) is 20.0 Å². The third-order valence-electron chi connectivity index (χ3n) is 5.02. The van der Waals surface area contributed by atoms with Crippen LogP contribution >= 0.6 is 11.8 Å². The van der Waals surface area contributed by atoms with E-state index in [4.69, 9.17) is 4.74 Å². The Bertz CT molecular complexity index is 953. The lowest BCUT2D eigenvalue weighted by atomic mass is 9.95. The van der Waals surface area contributed by atoms with Crippen LogP contribution in [0.5, 0.6) is 5.75 Å². The van der Waals surface area contributed by atoms with Gasteiger partial charge in [0.1, 0.15) is 17.8 Å². The average molecular weight is 472 g/mol. The number of urea groups is 1. The number of ether oxygens (including phenoxy) is 2. The zero-order valence-electron chi connectivity index (χ0n) is 17.4. The summed E-state index contributed by atoms with van der Waals surface area (Å²) in [5.74, 6) is -0.414. The molecular weight excluding hydrogens is 449 g/mol. The SMILES string of the molecule is COC(=O)[C@@H](CCSC)NC(=O)N1CCc2[nH]cnc2[C@H]1c1ccccc1OC(F)(F)F. The second kappa shape index (κ2) is 10.2. The number of methoxy groups -OCH3 is 1. The normalized spacial score (nSPS) is 16.8. The van der Waals surface area contributed by atoms with Crippen LogP contribution in [0.1, 0.15) is 29.4 Å². The highest BCUT2D eigenvalue weighted by molar-refractivity contribution is 7.98. The van der Waals surface area contributed by atoms with Gasteiger partial charge in [-0.3, -0.25) is 0 Å². The van der Waals surface area contributed by atoms with Crippen molar-refractivity contribution >= 4 is 23.8 Å². The van der Waals surface area contributed by atoms with E-state index in [0.717, 1.165) is 0 Å². The smallest absolute Gasteiger partial charge is 0.467 e. The quantitative estimate of drug-likeness (QED) is 0.601. The van der Waals surface area contributed by atoms with Crippen molar-refractivity contribution in [3.63, 3.8) is 0 Å². The number of aromatic amines is 1. The number of benzene rings is 1. The molecule has 2 heterocycles. The summed E-state index contributed by atoms with van der Waals surface area (Å²) in [4.78, 5) is 33.9. The zero-order chi connectivity index (χ0) is 23.3. The lowest BCUT2D eigenvalue weighted by Crippen LogP contribution is -2.51. The van der Waals surface area contributed by atoms with Crippen molar-refractivity contribution in [1.82, 2.24) is 20.2 Å². The number of hydrogen-bond donors (Lipinski definition) is 2. The Hall–Kier alpha value is -2.89. The molecule has 0 unspecified atom stereocenters. The molecule has 0 fully saturated rings. The van der Waals surface area contributed by atoms with Gasteiger partial charge in [0.15, 0.2) is 0 Å². The van der Waals surface area contributed by atoms with Crippen LogP contribution < -0.4 is 10.1 Å². The van der Waals surface area contributed by atoms with Crippen LogP contribution in [0.3, 0.4) is 0 Å². The van der Waals surface area contributed by atoms with Crippen LogP contribution in [-0.2, 0) is 16.0 Å². The molecule has 32 heavy (non-hydrogen) atoms. The second-order valence-electron chi connectivity index (χ2n) is 7.00. The maximum absolute atomic E-state index is 13.2. The van der Waals surface area contributed by atoms with Gasteiger partial charge in [-0.25, -0.2) is 14.6 Å². The number of nitrogens with zero attached hydrogens (tertiary/aromatic N) is 2. The van der Waals surface area contributed by atoms with E-state index >= 15 is 0 Å². The minimum atomic E-state index is -4.90. The molecule has 0 aliphatic carbocycles. The summed E-state index contributed by atoms with van der Waals surface area (Å²) >= 11 is 1.51. The predicted octanol–water partition coefficient (Wildman–Crippen LogP) is 3.26. The maximum atomic E-state index is 13.2. The van der Waals surface area contributed by atoms with E-state index < -0.39 is 36.2 Å². The van der Waals surface area contributed by atoms with Crippen molar-refractivity contribution in [1.29, 1.82) is 0 Å². The first-order valence-corrected chi connectivity index (χ1v) is 11.1. The summed E-state index contributed by atoms with van der Waals surface area (Å²) in [6.45, 7) is 0.197. The first-order chi connectivity index (χ1) is 15.2. The number of para-hydroxylation sites is 1. The minimum Gasteiger partial charge on any atom is -0.467 e. The highest BCUT2D eigenvalue weighted by Crippen LogP contribution is 2.39. The Kier molecular flexibility index (Phi) is 7.54. The second-order valence-corrected chi connectivity index (χ2v) is 7.99. The minimum absolute atomic E-state index is 0.131. The Balaban J connectivity index is 1.96. The van der Waals surface area contributed by atoms with Crippen LogP contribution in [0.2, 0.25) is 0 Å². The molecular formula is C20H23F3N4O4S. The third-order valence-corrected chi connectivity index (χ3v) is 5.66. The van der Waals surface area contributed by atoms with Crippen molar-refractivity contribution in [3.8, 4) is 5.75 Å². The van der Waals surface area contributed by atoms with Crippen molar-refractivity contribution in [2.75, 3.05) is 25.7 Å². The Labute approximate surface area is 186 Å². The molecule has 1 aromatic heterocycles. The highest BCUT2D eigenvalue weighted by atomic mass is 32.2. The molecule has 8 nitrogen and oxygen atoms in total. The van der Waals surface area contributed by atoms with E-state index in [9.17, 15) is 22.8 Å². The van der Waals surface area contributed by atoms with Gasteiger partial charge in [-0.05, 0) is 24.5 Å². The topological polar surface area (TPSA) is 96.6 Å². The molecule has 1 aliphatic rings. The number of rotatable bonds is 7. The molecule has 2 amide bonds. The molecule has 0 bridgehead atoms. The Morgan fingerprint density at radius 1 is 1.38 bits per heavy atom. The molecule has 2 aromatic rings. The van der Waals surface area contributed by atoms with Crippen LogP contribution in [-0.4, -0.2) is 64.9 Å². The molecule has 2 atom stereocenters. The Morgan fingerprint density at radius 3 is 2.81 bits per heavy atom. The van der Waals surface area contributed by atoms with E-state index in [0.29, 0.717) is 30.0 Å². The third kappa shape index (κ3) is 5.47. The zero-order valence-corrected chi connectivity index (χ0v) is 18.3. The number of nitrogens with one attached hydrogen (secondary N) is 2. The van der Waals surface area contributed by atoms with Gasteiger partial charge in [0.25, 0.3) is 0 Å². The summed E-state index contributed by atoms with van der Waals surface area (Å²) in [6.07, 6.45) is -0.829. The number of imidazole rings is 1. The molecule has 3 rings (SSSR count). The molecule has 1 aromatic carbocycles. The van der Waals surface area contributed by atoms with Gasteiger partial charge in [-0.2, -0.15) is 11.8 Å². The van der Waals surface area contributed by atoms with Gasteiger partial charge in [-0.15, -0.1) is 13.2 Å². The number of halogens is 3. The number of thioether (sulfide) groups is 1. The largest absolute Gasteiger partial charge is 0.573 e. The predicted molar refractivity (Wildman–Crippen MR) is 111 cm³/mol. The average Bonchev–Trinajstić information content (AvgIpc) is 3.23. The number of hydrogen-bond acceptors (Lipinski definition) is 6. The van der Waals surface area contributed by atoms with Crippen molar-refractivity contribution in [2.45, 2.75) is 31.3 Å². The number of H-pyrrole nitrogens is 1. The first-order valence-electron chi connectivity index (χ1n) is 9.76. The summed E-state index contributed by atoms with van der Waals surface area (Å²) in [6, 6.07) is 3.19. The molecule has 0 spiro atoms. The van der Waals surface area contributed by atoms with Crippen molar-refractivity contribution in [2.24, 2.45) is 0 Å². The van der Waals surface area contributed by atoms with Gasteiger partial charge < -0.3 is 24.7 Å². The highest BCUT2D eigenvalue weighted by Gasteiger charge is 2.39. The van der Waals surface area contributed by atoms with E-state index in [1.54, 1.807) is 6.07 Å². The van der Waals surface area contributed by atoms with Gasteiger partial charge in [0.05, 0.1) is 19.1 Å². The number of aromatic nitrogens is 2. The monoisotopic (exact) mass is 472 g/mol. The van der Waals surface area contributed by atoms with Gasteiger partial charge in [0, 0.05) is 24.2 Å². The van der Waals surface area contributed by atoms with Crippen molar-refractivity contribution in [3.05, 3.63) is 47.5 Å². The molecule has 0 radical (unpaired) electrons. The van der Waals surface area contributed by atoms with Gasteiger partial charge in [0.2, 0.25) is 0 Å².